The summed E-state index contributed by atoms with van der Waals surface area (Å²) < 4.78 is 4.67. The van der Waals surface area contributed by atoms with Gasteiger partial charge in [0.15, 0.2) is 0 Å². The van der Waals surface area contributed by atoms with E-state index < -0.39 is 0 Å². The molecule has 0 saturated carbocycles. The second kappa shape index (κ2) is 16.6. The number of carbonyl (C=O) groups is 1. The summed E-state index contributed by atoms with van der Waals surface area (Å²) in [6.07, 6.45) is 20.8. The molecule has 1 rings (SSSR count). The Kier molecular flexibility index (Phi) is 14.4. The van der Waals surface area contributed by atoms with Crippen LogP contribution in [0.2, 0.25) is 0 Å². The molecule has 0 fully saturated rings. The van der Waals surface area contributed by atoms with Crippen LogP contribution in [-0.4, -0.2) is 24.6 Å². The second-order valence-electron chi connectivity index (χ2n) is 7.45. The van der Waals surface area contributed by atoms with Crippen molar-refractivity contribution < 1.29 is 9.53 Å². The van der Waals surface area contributed by atoms with Gasteiger partial charge in [0.05, 0.1) is 12.7 Å². The number of carbonyl (C=O) groups excluding carboxylic acids is 1. The molecule has 0 aliphatic rings. The molecule has 0 saturated heterocycles. The van der Waals surface area contributed by atoms with Crippen LogP contribution in [0.4, 0.5) is 5.82 Å². The molecule has 154 valence electrons. The summed E-state index contributed by atoms with van der Waals surface area (Å²) >= 11 is 0. The van der Waals surface area contributed by atoms with Crippen LogP contribution in [0.25, 0.3) is 0 Å². The molecule has 0 spiro atoms. The number of unbranched alkanes of at least 4 members (excludes halogenated alkanes) is 13. The summed E-state index contributed by atoms with van der Waals surface area (Å²) in [6, 6.07) is 3.57. The molecule has 0 bridgehead atoms. The van der Waals surface area contributed by atoms with Crippen LogP contribution in [0.1, 0.15) is 107 Å². The van der Waals surface area contributed by atoms with Crippen molar-refractivity contribution in [3.8, 4) is 0 Å². The van der Waals surface area contributed by atoms with Gasteiger partial charge in [-0.3, -0.25) is 0 Å². The van der Waals surface area contributed by atoms with Gasteiger partial charge >= 0.3 is 5.97 Å². The highest BCUT2D eigenvalue weighted by Crippen LogP contribution is 2.13. The van der Waals surface area contributed by atoms with Gasteiger partial charge in [-0.2, -0.15) is 0 Å². The fourth-order valence-corrected chi connectivity index (χ4v) is 3.27. The smallest absolute Gasteiger partial charge is 0.339 e. The first kappa shape index (κ1) is 23.5. The normalized spacial score (nSPS) is 10.7. The zero-order valence-electron chi connectivity index (χ0n) is 17.6. The van der Waals surface area contributed by atoms with Crippen LogP contribution < -0.4 is 5.32 Å². The van der Waals surface area contributed by atoms with E-state index in [1.807, 2.05) is 6.07 Å². The third kappa shape index (κ3) is 12.4. The maximum atomic E-state index is 11.3. The first-order valence-corrected chi connectivity index (χ1v) is 11.1. The lowest BCUT2D eigenvalue weighted by Crippen LogP contribution is -2.05. The maximum absolute atomic E-state index is 11.3. The van der Waals surface area contributed by atoms with Crippen LogP contribution in [0.3, 0.4) is 0 Å². The quantitative estimate of drug-likeness (QED) is 0.241. The standard InChI is InChI=1S/C23H40N2O2/c1-3-4-5-6-7-8-9-10-11-12-13-14-15-16-19-24-22-18-17-21(20-25-22)23(26)27-2/h17-18,20H,3-16,19H2,1-2H3,(H,24,25). The fraction of sp³-hybridized carbons (Fsp3) is 0.739. The monoisotopic (exact) mass is 376 g/mol. The first-order chi connectivity index (χ1) is 13.3. The molecule has 1 aromatic heterocycles. The van der Waals surface area contributed by atoms with Gasteiger partial charge in [0.2, 0.25) is 0 Å². The Balaban J connectivity index is 1.86. The van der Waals surface area contributed by atoms with Crippen molar-refractivity contribution in [3.05, 3.63) is 23.9 Å². The topological polar surface area (TPSA) is 51.2 Å². The Bertz CT molecular complexity index is 474. The molecule has 1 aromatic rings. The molecule has 27 heavy (non-hydrogen) atoms. The molecule has 0 aliphatic carbocycles. The van der Waals surface area contributed by atoms with Gasteiger partial charge in [-0.25, -0.2) is 9.78 Å². The van der Waals surface area contributed by atoms with Gasteiger partial charge in [0.1, 0.15) is 5.82 Å². The highest BCUT2D eigenvalue weighted by molar-refractivity contribution is 5.89. The minimum absolute atomic E-state index is 0.346. The van der Waals surface area contributed by atoms with E-state index >= 15 is 0 Å². The first-order valence-electron chi connectivity index (χ1n) is 11.1. The Hall–Kier alpha value is -1.58. The van der Waals surface area contributed by atoms with Crippen LogP contribution in [0.5, 0.6) is 0 Å². The number of hydrogen-bond acceptors (Lipinski definition) is 4. The molecule has 4 heteroatoms. The molecule has 0 radical (unpaired) electrons. The van der Waals surface area contributed by atoms with E-state index in [0.717, 1.165) is 18.8 Å². The summed E-state index contributed by atoms with van der Waals surface area (Å²) in [5, 5.41) is 3.31. The molecule has 0 unspecified atom stereocenters. The number of anilines is 1. The summed E-state index contributed by atoms with van der Waals surface area (Å²) in [4.78, 5) is 15.6. The zero-order valence-corrected chi connectivity index (χ0v) is 17.6. The number of rotatable bonds is 17. The predicted octanol–water partition coefficient (Wildman–Crippen LogP) is 6.76. The summed E-state index contributed by atoms with van der Waals surface area (Å²) in [6.45, 7) is 3.21. The van der Waals surface area contributed by atoms with Gasteiger partial charge in [-0.1, -0.05) is 90.4 Å². The van der Waals surface area contributed by atoms with Crippen molar-refractivity contribution >= 4 is 11.8 Å². The molecule has 1 N–H and O–H groups in total. The highest BCUT2D eigenvalue weighted by Gasteiger charge is 2.04. The molecule has 0 aromatic carbocycles. The minimum Gasteiger partial charge on any atom is -0.465 e. The van der Waals surface area contributed by atoms with E-state index in [2.05, 4.69) is 22.0 Å². The third-order valence-electron chi connectivity index (χ3n) is 5.02. The van der Waals surface area contributed by atoms with Crippen LogP contribution in [0, 0.1) is 0 Å². The largest absolute Gasteiger partial charge is 0.465 e. The van der Waals surface area contributed by atoms with E-state index in [9.17, 15) is 4.79 Å². The number of esters is 1. The average molecular weight is 377 g/mol. The molecular weight excluding hydrogens is 336 g/mol. The maximum Gasteiger partial charge on any atom is 0.339 e. The number of pyridine rings is 1. The Morgan fingerprint density at radius 2 is 1.37 bits per heavy atom. The molecular formula is C23H40N2O2. The molecule has 1 heterocycles. The van der Waals surface area contributed by atoms with E-state index in [-0.39, 0.29) is 5.97 Å². The van der Waals surface area contributed by atoms with Crippen molar-refractivity contribution in [1.82, 2.24) is 4.98 Å². The average Bonchev–Trinajstić information content (AvgIpc) is 2.70. The van der Waals surface area contributed by atoms with E-state index in [1.165, 1.54) is 90.6 Å². The third-order valence-corrected chi connectivity index (χ3v) is 5.02. The Labute approximate surface area is 166 Å². The van der Waals surface area contributed by atoms with Crippen molar-refractivity contribution in [2.45, 2.75) is 96.8 Å². The molecule has 0 atom stereocenters. The summed E-state index contributed by atoms with van der Waals surface area (Å²) in [7, 11) is 1.38. The van der Waals surface area contributed by atoms with Gasteiger partial charge in [0.25, 0.3) is 0 Å². The number of aromatic nitrogens is 1. The molecule has 0 aliphatic heterocycles. The lowest BCUT2D eigenvalue weighted by atomic mass is 10.0. The van der Waals surface area contributed by atoms with Crippen LogP contribution in [-0.2, 0) is 4.74 Å². The number of methoxy groups -OCH3 is 1. The predicted molar refractivity (Wildman–Crippen MR) is 114 cm³/mol. The van der Waals surface area contributed by atoms with Crippen LogP contribution >= 0.6 is 0 Å². The number of hydrogen-bond donors (Lipinski definition) is 1. The lowest BCUT2D eigenvalue weighted by molar-refractivity contribution is 0.0600. The number of nitrogens with zero attached hydrogens (tertiary/aromatic N) is 1. The Morgan fingerprint density at radius 3 is 1.81 bits per heavy atom. The number of ether oxygens (including phenoxy) is 1. The van der Waals surface area contributed by atoms with Crippen molar-refractivity contribution in [2.24, 2.45) is 0 Å². The zero-order chi connectivity index (χ0) is 19.6. The van der Waals surface area contributed by atoms with Crippen molar-refractivity contribution in [1.29, 1.82) is 0 Å². The second-order valence-corrected chi connectivity index (χ2v) is 7.45. The molecule has 0 amide bonds. The Morgan fingerprint density at radius 1 is 0.852 bits per heavy atom. The van der Waals surface area contributed by atoms with Crippen LogP contribution in [0.15, 0.2) is 18.3 Å². The van der Waals surface area contributed by atoms with E-state index in [0.29, 0.717) is 5.56 Å². The van der Waals surface area contributed by atoms with E-state index in [1.54, 1.807) is 12.3 Å². The van der Waals surface area contributed by atoms with Crippen molar-refractivity contribution in [2.75, 3.05) is 19.0 Å². The van der Waals surface area contributed by atoms with Gasteiger partial charge in [-0.05, 0) is 18.6 Å². The molecule has 4 nitrogen and oxygen atoms in total. The fourth-order valence-electron chi connectivity index (χ4n) is 3.27. The SMILES string of the molecule is CCCCCCCCCCCCCCCCNc1ccc(C(=O)OC)cn1. The highest BCUT2D eigenvalue weighted by atomic mass is 16.5. The summed E-state index contributed by atoms with van der Waals surface area (Å²) in [5.41, 5.74) is 0.486. The van der Waals surface area contributed by atoms with E-state index in [4.69, 9.17) is 0 Å². The van der Waals surface area contributed by atoms with Gasteiger partial charge in [0, 0.05) is 12.7 Å². The van der Waals surface area contributed by atoms with Gasteiger partial charge in [-0.15, -0.1) is 0 Å². The minimum atomic E-state index is -0.346. The van der Waals surface area contributed by atoms with Gasteiger partial charge < -0.3 is 10.1 Å². The summed E-state index contributed by atoms with van der Waals surface area (Å²) in [5.74, 6) is 0.471. The number of nitrogens with one attached hydrogen (secondary N) is 1. The lowest BCUT2D eigenvalue weighted by Gasteiger charge is -2.06. The van der Waals surface area contributed by atoms with Crippen molar-refractivity contribution in [3.63, 3.8) is 0 Å².